The fourth-order valence-corrected chi connectivity index (χ4v) is 2.47. The standard InChI is InChI=1S/C6H7BrF2N2S/c7-3-1-2-12-5(3)4(11-10)6(8)9/h1-2,4,6,11H,10H2. The van der Waals surface area contributed by atoms with Crippen LogP contribution in [0.4, 0.5) is 8.78 Å². The Bertz CT molecular complexity index is 253. The number of nitrogens with one attached hydrogen (secondary N) is 1. The lowest BCUT2D eigenvalue weighted by molar-refractivity contribution is 0.0999. The van der Waals surface area contributed by atoms with Gasteiger partial charge in [0.2, 0.25) is 0 Å². The van der Waals surface area contributed by atoms with E-state index in [2.05, 4.69) is 21.4 Å². The molecule has 6 heteroatoms. The molecular formula is C6H7BrF2N2S. The molecule has 1 heterocycles. The Morgan fingerprint density at radius 1 is 1.58 bits per heavy atom. The van der Waals surface area contributed by atoms with Crippen LogP contribution in [0.1, 0.15) is 10.9 Å². The molecule has 2 nitrogen and oxygen atoms in total. The predicted octanol–water partition coefficient (Wildman–Crippen LogP) is 2.28. The molecule has 1 rings (SSSR count). The second-order valence-corrected chi connectivity index (χ2v) is 3.91. The van der Waals surface area contributed by atoms with Gasteiger partial charge in [-0.3, -0.25) is 5.84 Å². The van der Waals surface area contributed by atoms with Crippen molar-refractivity contribution in [1.29, 1.82) is 0 Å². The summed E-state index contributed by atoms with van der Waals surface area (Å²) in [5.74, 6) is 4.99. The number of halogens is 3. The largest absolute Gasteiger partial charge is 0.271 e. The fourth-order valence-electron chi connectivity index (χ4n) is 0.790. The molecule has 1 unspecified atom stereocenters. The van der Waals surface area contributed by atoms with Gasteiger partial charge in [-0.15, -0.1) is 11.3 Å². The first-order valence-electron chi connectivity index (χ1n) is 3.14. The number of hydrogen-bond donors (Lipinski definition) is 2. The van der Waals surface area contributed by atoms with E-state index in [1.807, 2.05) is 0 Å². The summed E-state index contributed by atoms with van der Waals surface area (Å²) in [6, 6.07) is 0.631. The molecule has 12 heavy (non-hydrogen) atoms. The van der Waals surface area contributed by atoms with Gasteiger partial charge in [0.15, 0.2) is 0 Å². The Balaban J connectivity index is 2.87. The number of rotatable bonds is 3. The molecule has 0 aliphatic heterocycles. The van der Waals surface area contributed by atoms with Crippen LogP contribution in [0.3, 0.4) is 0 Å². The lowest BCUT2D eigenvalue weighted by atomic mass is 10.2. The van der Waals surface area contributed by atoms with Crippen LogP contribution in [0.5, 0.6) is 0 Å². The Morgan fingerprint density at radius 2 is 2.25 bits per heavy atom. The van der Waals surface area contributed by atoms with Crippen molar-refractivity contribution in [2.75, 3.05) is 0 Å². The summed E-state index contributed by atoms with van der Waals surface area (Å²) in [7, 11) is 0. The average molecular weight is 257 g/mol. The predicted molar refractivity (Wildman–Crippen MR) is 48.1 cm³/mol. The van der Waals surface area contributed by atoms with Gasteiger partial charge in [0.25, 0.3) is 6.43 Å². The van der Waals surface area contributed by atoms with Crippen LogP contribution in [0.25, 0.3) is 0 Å². The number of hydrogen-bond acceptors (Lipinski definition) is 3. The third-order valence-electron chi connectivity index (χ3n) is 1.36. The zero-order valence-electron chi connectivity index (χ0n) is 5.93. The SMILES string of the molecule is NNC(c1sccc1Br)C(F)F. The minimum atomic E-state index is -2.50. The molecule has 1 atom stereocenters. The Hall–Kier alpha value is -0.0400. The van der Waals surface area contributed by atoms with Crippen LogP contribution in [-0.2, 0) is 0 Å². The second kappa shape index (κ2) is 4.27. The first-order valence-corrected chi connectivity index (χ1v) is 4.81. The van der Waals surface area contributed by atoms with Gasteiger partial charge in [-0.25, -0.2) is 14.2 Å². The van der Waals surface area contributed by atoms with Crippen LogP contribution < -0.4 is 11.3 Å². The van der Waals surface area contributed by atoms with E-state index in [1.54, 1.807) is 11.4 Å². The number of alkyl halides is 2. The van der Waals surface area contributed by atoms with Crippen molar-refractivity contribution < 1.29 is 8.78 Å². The molecule has 3 N–H and O–H groups in total. The minimum absolute atomic E-state index is 0.521. The van der Waals surface area contributed by atoms with Gasteiger partial charge in [0.05, 0.1) is 0 Å². The molecule has 0 spiro atoms. The maximum atomic E-state index is 12.3. The molecule has 0 saturated carbocycles. The van der Waals surface area contributed by atoms with Crippen molar-refractivity contribution in [3.63, 3.8) is 0 Å². The summed E-state index contributed by atoms with van der Waals surface area (Å²) < 4.78 is 25.2. The van der Waals surface area contributed by atoms with Crippen molar-refractivity contribution >= 4 is 27.3 Å². The fraction of sp³-hybridized carbons (Fsp3) is 0.333. The van der Waals surface area contributed by atoms with Crippen molar-refractivity contribution in [2.24, 2.45) is 5.84 Å². The summed E-state index contributed by atoms with van der Waals surface area (Å²) in [6.07, 6.45) is -2.50. The molecule has 0 fully saturated rings. The highest BCUT2D eigenvalue weighted by molar-refractivity contribution is 9.10. The quantitative estimate of drug-likeness (QED) is 0.644. The van der Waals surface area contributed by atoms with E-state index < -0.39 is 12.5 Å². The van der Waals surface area contributed by atoms with Crippen molar-refractivity contribution in [3.8, 4) is 0 Å². The van der Waals surface area contributed by atoms with Crippen LogP contribution in [0, 0.1) is 0 Å². The van der Waals surface area contributed by atoms with E-state index in [1.165, 1.54) is 11.3 Å². The molecule has 0 radical (unpaired) electrons. The Kier molecular flexibility index (Phi) is 3.57. The Morgan fingerprint density at radius 3 is 2.58 bits per heavy atom. The summed E-state index contributed by atoms with van der Waals surface area (Å²) >= 11 is 4.40. The smallest absolute Gasteiger partial charge is 0.259 e. The maximum Gasteiger partial charge on any atom is 0.259 e. The number of nitrogens with two attached hydrogens (primary N) is 1. The molecule has 1 aromatic rings. The third-order valence-corrected chi connectivity index (χ3v) is 3.31. The normalized spacial score (nSPS) is 13.8. The molecule has 0 aromatic carbocycles. The lowest BCUT2D eigenvalue weighted by Crippen LogP contribution is -2.32. The van der Waals surface area contributed by atoms with Gasteiger partial charge in [0.1, 0.15) is 6.04 Å². The first-order chi connectivity index (χ1) is 5.66. The molecule has 1 aromatic heterocycles. The van der Waals surface area contributed by atoms with Crippen LogP contribution >= 0.6 is 27.3 Å². The zero-order valence-corrected chi connectivity index (χ0v) is 8.33. The van der Waals surface area contributed by atoms with Crippen molar-refractivity contribution in [1.82, 2.24) is 5.43 Å². The summed E-state index contributed by atoms with van der Waals surface area (Å²) in [5.41, 5.74) is 2.08. The minimum Gasteiger partial charge on any atom is -0.271 e. The third kappa shape index (κ3) is 2.01. The lowest BCUT2D eigenvalue weighted by Gasteiger charge is -2.13. The zero-order chi connectivity index (χ0) is 9.14. The van der Waals surface area contributed by atoms with Crippen molar-refractivity contribution in [3.05, 3.63) is 20.8 Å². The van der Waals surface area contributed by atoms with E-state index in [4.69, 9.17) is 5.84 Å². The van der Waals surface area contributed by atoms with Crippen molar-refractivity contribution in [2.45, 2.75) is 12.5 Å². The van der Waals surface area contributed by atoms with Crippen LogP contribution in [0.2, 0.25) is 0 Å². The molecule has 0 aliphatic rings. The van der Waals surface area contributed by atoms with Gasteiger partial charge in [0, 0.05) is 9.35 Å². The summed E-state index contributed by atoms with van der Waals surface area (Å²) in [6.45, 7) is 0. The average Bonchev–Trinajstić information content (AvgIpc) is 2.38. The van der Waals surface area contributed by atoms with Gasteiger partial charge in [-0.05, 0) is 27.4 Å². The van der Waals surface area contributed by atoms with E-state index in [0.29, 0.717) is 9.35 Å². The van der Waals surface area contributed by atoms with Gasteiger partial charge >= 0.3 is 0 Å². The topological polar surface area (TPSA) is 38.0 Å². The number of thiophene rings is 1. The van der Waals surface area contributed by atoms with Gasteiger partial charge in [-0.1, -0.05) is 0 Å². The second-order valence-electron chi connectivity index (χ2n) is 2.11. The monoisotopic (exact) mass is 256 g/mol. The highest BCUT2D eigenvalue weighted by Crippen LogP contribution is 2.31. The highest BCUT2D eigenvalue weighted by Gasteiger charge is 2.23. The highest BCUT2D eigenvalue weighted by atomic mass is 79.9. The van der Waals surface area contributed by atoms with E-state index >= 15 is 0 Å². The summed E-state index contributed by atoms with van der Waals surface area (Å²) in [5, 5.41) is 1.73. The van der Waals surface area contributed by atoms with E-state index in [9.17, 15) is 8.78 Å². The number of hydrazine groups is 1. The molecule has 0 saturated heterocycles. The van der Waals surface area contributed by atoms with Crippen LogP contribution in [0.15, 0.2) is 15.9 Å². The molecule has 0 amide bonds. The molecule has 0 aliphatic carbocycles. The maximum absolute atomic E-state index is 12.3. The van der Waals surface area contributed by atoms with Crippen LogP contribution in [-0.4, -0.2) is 6.43 Å². The molecular weight excluding hydrogens is 250 g/mol. The van der Waals surface area contributed by atoms with Gasteiger partial charge < -0.3 is 0 Å². The Labute approximate surface area is 80.9 Å². The van der Waals surface area contributed by atoms with E-state index in [-0.39, 0.29) is 0 Å². The molecule has 68 valence electrons. The van der Waals surface area contributed by atoms with Gasteiger partial charge in [-0.2, -0.15) is 0 Å². The molecule has 0 bridgehead atoms. The van der Waals surface area contributed by atoms with E-state index in [0.717, 1.165) is 0 Å². The first kappa shape index (κ1) is 10.0. The summed E-state index contributed by atoms with van der Waals surface area (Å²) in [4.78, 5) is 0.521.